The zero-order valence-electron chi connectivity index (χ0n) is 13.6. The van der Waals surface area contributed by atoms with Gasteiger partial charge in [-0.3, -0.25) is 0 Å². The number of nitrogens with two attached hydrogens (primary N) is 3. The van der Waals surface area contributed by atoms with Gasteiger partial charge in [-0.1, -0.05) is 13.8 Å². The molecule has 0 aromatic heterocycles. The van der Waals surface area contributed by atoms with E-state index in [1.54, 1.807) is 0 Å². The molecule has 8 atom stereocenters. The Hall–Kier alpha value is -0.900. The lowest BCUT2D eigenvalue weighted by Crippen LogP contribution is -2.59. The van der Waals surface area contributed by atoms with Crippen LogP contribution in [0.5, 0.6) is 0 Å². The van der Waals surface area contributed by atoms with E-state index in [0.29, 0.717) is 12.2 Å². The Morgan fingerprint density at radius 2 is 1.87 bits per heavy atom. The highest BCUT2D eigenvalue weighted by atomic mass is 16.6. The van der Waals surface area contributed by atoms with Crippen LogP contribution in [0.3, 0.4) is 0 Å². The minimum Gasteiger partial charge on any atom is -0.508 e. The Kier molecular flexibility index (Phi) is 5.88. The maximum atomic E-state index is 10.2. The van der Waals surface area contributed by atoms with Crippen LogP contribution < -0.4 is 17.2 Å². The first-order chi connectivity index (χ1) is 10.8. The van der Waals surface area contributed by atoms with Gasteiger partial charge in [0.15, 0.2) is 5.76 Å². The molecule has 23 heavy (non-hydrogen) atoms. The Bertz CT molecular complexity index is 445. The molecule has 8 heteroatoms. The molecular formula is C15H29N3O5. The van der Waals surface area contributed by atoms with Gasteiger partial charge in [0.2, 0.25) is 0 Å². The first-order valence-electron chi connectivity index (χ1n) is 8.04. The molecule has 9 N–H and O–H groups in total. The quantitative estimate of drug-likeness (QED) is 0.365. The molecule has 5 unspecified atom stereocenters. The number of rotatable bonds is 4. The van der Waals surface area contributed by atoms with Crippen molar-refractivity contribution in [1.29, 1.82) is 0 Å². The SMILES string of the molecule is CC1C(COC2=C(O)[C@H](C)C(N)CC2N)O[C@H](CO)C(O)[C@@H]1N. The molecule has 2 aliphatic rings. The fraction of sp³-hybridized carbons (Fsp3) is 0.867. The van der Waals surface area contributed by atoms with Crippen molar-refractivity contribution in [3.05, 3.63) is 11.5 Å². The van der Waals surface area contributed by atoms with Gasteiger partial charge in [0.25, 0.3) is 0 Å². The molecule has 2 rings (SSSR count). The molecule has 1 aliphatic carbocycles. The summed E-state index contributed by atoms with van der Waals surface area (Å²) in [6, 6.07) is -1.19. The summed E-state index contributed by atoms with van der Waals surface area (Å²) < 4.78 is 11.4. The zero-order valence-corrected chi connectivity index (χ0v) is 13.6. The summed E-state index contributed by atoms with van der Waals surface area (Å²) in [6.07, 6.45) is -1.55. The molecule has 0 spiro atoms. The van der Waals surface area contributed by atoms with Crippen LogP contribution in [0.25, 0.3) is 0 Å². The third kappa shape index (κ3) is 3.62. The first kappa shape index (κ1) is 18.4. The molecule has 0 saturated carbocycles. The predicted molar refractivity (Wildman–Crippen MR) is 84.2 cm³/mol. The Balaban J connectivity index is 2.04. The second kappa shape index (κ2) is 7.33. The Labute approximate surface area is 136 Å². The van der Waals surface area contributed by atoms with Crippen LogP contribution in [0.2, 0.25) is 0 Å². The van der Waals surface area contributed by atoms with Gasteiger partial charge in [-0.2, -0.15) is 0 Å². The summed E-state index contributed by atoms with van der Waals surface area (Å²) in [5, 5.41) is 29.5. The average Bonchev–Trinajstić information content (AvgIpc) is 2.52. The molecule has 1 fully saturated rings. The van der Waals surface area contributed by atoms with Crippen molar-refractivity contribution in [3.63, 3.8) is 0 Å². The molecule has 134 valence electrons. The fourth-order valence-corrected chi connectivity index (χ4v) is 3.15. The topological polar surface area (TPSA) is 157 Å². The molecule has 0 amide bonds. The lowest BCUT2D eigenvalue weighted by molar-refractivity contribution is -0.176. The van der Waals surface area contributed by atoms with Crippen molar-refractivity contribution in [1.82, 2.24) is 0 Å². The molecule has 0 radical (unpaired) electrons. The molecule has 1 saturated heterocycles. The van der Waals surface area contributed by atoms with Gasteiger partial charge in [-0.25, -0.2) is 0 Å². The van der Waals surface area contributed by atoms with E-state index in [-0.39, 0.29) is 36.9 Å². The molecule has 1 aliphatic heterocycles. The molecule has 0 aromatic rings. The van der Waals surface area contributed by atoms with Crippen molar-refractivity contribution >= 4 is 0 Å². The van der Waals surface area contributed by atoms with Crippen molar-refractivity contribution in [2.45, 2.75) is 56.7 Å². The Morgan fingerprint density at radius 3 is 2.48 bits per heavy atom. The van der Waals surface area contributed by atoms with Crippen LogP contribution in [0.1, 0.15) is 20.3 Å². The number of aliphatic hydroxyl groups excluding tert-OH is 3. The highest BCUT2D eigenvalue weighted by molar-refractivity contribution is 5.17. The minimum absolute atomic E-state index is 0.0720. The van der Waals surface area contributed by atoms with E-state index in [0.717, 1.165) is 0 Å². The summed E-state index contributed by atoms with van der Waals surface area (Å²) in [4.78, 5) is 0. The summed E-state index contributed by atoms with van der Waals surface area (Å²) in [7, 11) is 0. The maximum absolute atomic E-state index is 10.2. The average molecular weight is 331 g/mol. The second-order valence-electron chi connectivity index (χ2n) is 6.68. The second-order valence-corrected chi connectivity index (χ2v) is 6.68. The number of hydrogen-bond acceptors (Lipinski definition) is 8. The van der Waals surface area contributed by atoms with E-state index in [2.05, 4.69) is 0 Å². The molecule has 0 bridgehead atoms. The van der Waals surface area contributed by atoms with E-state index in [1.165, 1.54) is 0 Å². The van der Waals surface area contributed by atoms with Crippen LogP contribution in [-0.2, 0) is 9.47 Å². The predicted octanol–water partition coefficient (Wildman–Crippen LogP) is -1.45. The van der Waals surface area contributed by atoms with Gasteiger partial charge in [0.1, 0.15) is 18.5 Å². The van der Waals surface area contributed by atoms with E-state index in [4.69, 9.17) is 26.7 Å². The minimum atomic E-state index is -0.922. The standard InChI is InChI=1S/C15H29N3O5/c1-6-8(16)3-9(17)15(13(6)20)22-5-11-7(2)12(18)14(21)10(4-19)23-11/h6-12,14,19-21H,3-5,16-18H2,1-2H3/t6-,7?,8?,9?,10-,11?,12-,14?/m1/s1. The third-order valence-corrected chi connectivity index (χ3v) is 5.09. The maximum Gasteiger partial charge on any atom is 0.150 e. The van der Waals surface area contributed by atoms with E-state index < -0.39 is 30.4 Å². The zero-order chi connectivity index (χ0) is 17.3. The van der Waals surface area contributed by atoms with Crippen LogP contribution in [-0.4, -0.2) is 65.0 Å². The summed E-state index contributed by atoms with van der Waals surface area (Å²) in [5.41, 5.74) is 17.9. The lowest BCUT2D eigenvalue weighted by atomic mass is 9.86. The fourth-order valence-electron chi connectivity index (χ4n) is 3.15. The van der Waals surface area contributed by atoms with Crippen molar-refractivity contribution in [2.75, 3.05) is 13.2 Å². The summed E-state index contributed by atoms with van der Waals surface area (Å²) in [6.45, 7) is 3.48. The largest absolute Gasteiger partial charge is 0.508 e. The van der Waals surface area contributed by atoms with Gasteiger partial charge in [-0.05, 0) is 6.42 Å². The van der Waals surface area contributed by atoms with E-state index in [1.807, 2.05) is 13.8 Å². The van der Waals surface area contributed by atoms with Gasteiger partial charge in [0.05, 0.1) is 24.9 Å². The highest BCUT2D eigenvalue weighted by Gasteiger charge is 2.41. The van der Waals surface area contributed by atoms with Gasteiger partial charge in [-0.15, -0.1) is 0 Å². The molecule has 8 nitrogen and oxygen atoms in total. The van der Waals surface area contributed by atoms with Crippen LogP contribution in [0, 0.1) is 11.8 Å². The first-order valence-corrected chi connectivity index (χ1v) is 8.04. The molecule has 1 heterocycles. The highest BCUT2D eigenvalue weighted by Crippen LogP contribution is 2.30. The third-order valence-electron chi connectivity index (χ3n) is 5.09. The molecular weight excluding hydrogens is 302 g/mol. The number of ether oxygens (including phenoxy) is 2. The smallest absolute Gasteiger partial charge is 0.150 e. The number of hydrogen-bond donors (Lipinski definition) is 6. The van der Waals surface area contributed by atoms with E-state index in [9.17, 15) is 15.3 Å². The van der Waals surface area contributed by atoms with Gasteiger partial charge >= 0.3 is 0 Å². The summed E-state index contributed by atoms with van der Waals surface area (Å²) >= 11 is 0. The molecule has 0 aromatic carbocycles. The lowest BCUT2D eigenvalue weighted by Gasteiger charge is -2.42. The van der Waals surface area contributed by atoms with Gasteiger partial charge < -0.3 is 42.0 Å². The van der Waals surface area contributed by atoms with E-state index >= 15 is 0 Å². The van der Waals surface area contributed by atoms with Crippen LogP contribution in [0.15, 0.2) is 11.5 Å². The monoisotopic (exact) mass is 331 g/mol. The van der Waals surface area contributed by atoms with Crippen molar-refractivity contribution in [2.24, 2.45) is 29.0 Å². The van der Waals surface area contributed by atoms with Gasteiger partial charge in [0, 0.05) is 23.9 Å². The Morgan fingerprint density at radius 1 is 1.22 bits per heavy atom. The normalized spacial score (nSPS) is 45.2. The summed E-state index contributed by atoms with van der Waals surface area (Å²) in [5.74, 6) is 0.0109. The van der Waals surface area contributed by atoms with Crippen molar-refractivity contribution in [3.8, 4) is 0 Å². The van der Waals surface area contributed by atoms with Crippen LogP contribution in [0.4, 0.5) is 0 Å². The van der Waals surface area contributed by atoms with Crippen molar-refractivity contribution < 1.29 is 24.8 Å². The number of aliphatic hydroxyl groups is 3. The van der Waals surface area contributed by atoms with Crippen LogP contribution >= 0.6 is 0 Å².